The van der Waals surface area contributed by atoms with Crippen molar-refractivity contribution < 1.29 is 14.3 Å². The van der Waals surface area contributed by atoms with E-state index in [0.29, 0.717) is 28.7 Å². The number of hydrogen-bond acceptors (Lipinski definition) is 9. The largest absolute Gasteiger partial charge is 0.420 e. The number of nitrogens with two attached hydrogens (primary N) is 2. The number of nitrogens with one attached hydrogen (secondary N) is 1. The lowest BCUT2D eigenvalue weighted by molar-refractivity contribution is 0.0999. The van der Waals surface area contributed by atoms with Gasteiger partial charge in [-0.2, -0.15) is 4.98 Å². The summed E-state index contributed by atoms with van der Waals surface area (Å²) < 4.78 is 5.58. The van der Waals surface area contributed by atoms with Gasteiger partial charge in [-0.1, -0.05) is 44.2 Å². The van der Waals surface area contributed by atoms with Crippen LogP contribution in [0.1, 0.15) is 47.1 Å². The maximum Gasteiger partial charge on any atom is 0.253 e. The predicted octanol–water partition coefficient (Wildman–Crippen LogP) is 3.60. The molecule has 0 spiro atoms. The molecule has 2 aromatic heterocycles. The van der Waals surface area contributed by atoms with E-state index in [1.165, 1.54) is 11.8 Å². The topological polar surface area (TPSA) is 166 Å². The van der Waals surface area contributed by atoms with Crippen LogP contribution in [0.3, 0.4) is 0 Å². The Morgan fingerprint density at radius 1 is 1.14 bits per heavy atom. The van der Waals surface area contributed by atoms with Gasteiger partial charge in [-0.3, -0.25) is 4.79 Å². The first-order valence-electron chi connectivity index (χ1n) is 11.1. The van der Waals surface area contributed by atoms with Crippen molar-refractivity contribution in [3.05, 3.63) is 77.3 Å². The van der Waals surface area contributed by atoms with Crippen molar-refractivity contribution in [1.82, 2.24) is 20.2 Å². The monoisotopic (exact) mass is 475 g/mol. The number of anilines is 3. The van der Waals surface area contributed by atoms with E-state index in [-0.39, 0.29) is 24.2 Å². The molecule has 0 aliphatic carbocycles. The van der Waals surface area contributed by atoms with Gasteiger partial charge in [0.05, 0.1) is 5.56 Å². The smallest absolute Gasteiger partial charge is 0.253 e. The molecule has 10 nitrogen and oxygen atoms in total. The lowest BCUT2D eigenvalue weighted by Crippen LogP contribution is -2.12. The van der Waals surface area contributed by atoms with Crippen molar-refractivity contribution in [2.75, 3.05) is 17.7 Å². The molecule has 1 amide bonds. The number of amides is 1. The van der Waals surface area contributed by atoms with Crippen LogP contribution in [0.5, 0.6) is 0 Å². The van der Waals surface area contributed by atoms with Gasteiger partial charge in [0.25, 0.3) is 5.89 Å². The number of aliphatic hydroxyl groups is 1. The van der Waals surface area contributed by atoms with Crippen LogP contribution in [0.2, 0.25) is 0 Å². The highest BCUT2D eigenvalue weighted by Gasteiger charge is 2.16. The van der Waals surface area contributed by atoms with Gasteiger partial charge in [0.1, 0.15) is 5.82 Å². The molecule has 4 aromatic rings. The van der Waals surface area contributed by atoms with Crippen molar-refractivity contribution in [1.29, 1.82) is 0 Å². The fourth-order valence-electron chi connectivity index (χ4n) is 3.12. The van der Waals surface area contributed by atoms with Crippen LogP contribution in [-0.2, 0) is 6.42 Å². The number of nitrogens with zero attached hydrogens (tertiary/aromatic N) is 4. The van der Waals surface area contributed by atoms with Crippen LogP contribution in [0.4, 0.5) is 17.5 Å². The average Bonchev–Trinajstić information content (AvgIpc) is 3.31. The number of aliphatic hydroxyl groups excluding tert-OH is 1. The molecule has 6 N–H and O–H groups in total. The molecule has 182 valence electrons. The molecule has 0 saturated carbocycles. The number of carbonyl (C=O) groups is 1. The normalized spacial score (nSPS) is 10.5. The second kappa shape index (κ2) is 11.7. The minimum Gasteiger partial charge on any atom is -0.420 e. The molecule has 2 aromatic carbocycles. The Balaban J connectivity index is 0.000000320. The standard InChI is InChI=1S/C17H19N7O2.C8H10O/c1-8(2)15-23-24-16(26-15)12-7-20-17(22-13(12)18)21-10-4-5-11(14(19)25)9(3)6-10;9-7-6-8-4-2-1-3-5-8/h4-8H,1-3H3,(H2,19,25)(H3,18,20,21,22);1-5,9H,6-7H2. The molecular weight excluding hydrogens is 446 g/mol. The average molecular weight is 476 g/mol. The summed E-state index contributed by atoms with van der Waals surface area (Å²) in [6.45, 7) is 5.95. The fourth-order valence-corrected chi connectivity index (χ4v) is 3.12. The maximum absolute atomic E-state index is 11.3. The Kier molecular flexibility index (Phi) is 8.47. The van der Waals surface area contributed by atoms with E-state index < -0.39 is 5.91 Å². The first-order valence-corrected chi connectivity index (χ1v) is 11.1. The highest BCUT2D eigenvalue weighted by Crippen LogP contribution is 2.26. The number of carbonyl (C=O) groups excluding carboxylic acids is 1. The van der Waals surface area contributed by atoms with Crippen LogP contribution < -0.4 is 16.8 Å². The zero-order chi connectivity index (χ0) is 25.4. The van der Waals surface area contributed by atoms with Crippen molar-refractivity contribution >= 4 is 23.4 Å². The van der Waals surface area contributed by atoms with Gasteiger partial charge in [0, 0.05) is 30.0 Å². The third kappa shape index (κ3) is 6.84. The van der Waals surface area contributed by atoms with Gasteiger partial charge in [-0.25, -0.2) is 4.98 Å². The third-order valence-corrected chi connectivity index (χ3v) is 4.97. The second-order valence-corrected chi connectivity index (χ2v) is 8.07. The first-order chi connectivity index (χ1) is 16.8. The van der Waals surface area contributed by atoms with Gasteiger partial charge in [0.2, 0.25) is 17.7 Å². The zero-order valence-electron chi connectivity index (χ0n) is 19.9. The molecule has 0 radical (unpaired) electrons. The first kappa shape index (κ1) is 25.3. The van der Waals surface area contributed by atoms with E-state index in [1.54, 1.807) is 25.1 Å². The molecule has 0 saturated heterocycles. The lowest BCUT2D eigenvalue weighted by Gasteiger charge is -2.09. The molecule has 0 aliphatic rings. The number of primary amides is 1. The predicted molar refractivity (Wildman–Crippen MR) is 134 cm³/mol. The van der Waals surface area contributed by atoms with E-state index in [2.05, 4.69) is 25.5 Å². The number of rotatable bonds is 7. The van der Waals surface area contributed by atoms with Crippen molar-refractivity contribution in [3.8, 4) is 11.5 Å². The Morgan fingerprint density at radius 3 is 2.46 bits per heavy atom. The number of hydrogen-bond donors (Lipinski definition) is 4. The Bertz CT molecular complexity index is 1270. The fraction of sp³-hybridized carbons (Fsp3) is 0.240. The lowest BCUT2D eigenvalue weighted by atomic mass is 10.1. The molecule has 4 rings (SSSR count). The zero-order valence-corrected chi connectivity index (χ0v) is 19.9. The van der Waals surface area contributed by atoms with Gasteiger partial charge in [0.15, 0.2) is 0 Å². The number of aromatic nitrogens is 4. The highest BCUT2D eigenvalue weighted by molar-refractivity contribution is 5.94. The van der Waals surface area contributed by atoms with Gasteiger partial charge in [-0.15, -0.1) is 10.2 Å². The summed E-state index contributed by atoms with van der Waals surface area (Å²) >= 11 is 0. The summed E-state index contributed by atoms with van der Waals surface area (Å²) in [5.41, 5.74) is 14.9. The van der Waals surface area contributed by atoms with E-state index in [0.717, 1.165) is 12.0 Å². The summed E-state index contributed by atoms with van der Waals surface area (Å²) in [7, 11) is 0. The number of nitrogen functional groups attached to an aromatic ring is 1. The molecule has 0 unspecified atom stereocenters. The molecule has 0 fully saturated rings. The summed E-state index contributed by atoms with van der Waals surface area (Å²) in [6, 6.07) is 15.1. The van der Waals surface area contributed by atoms with E-state index >= 15 is 0 Å². The molecule has 0 aliphatic heterocycles. The van der Waals surface area contributed by atoms with E-state index in [4.69, 9.17) is 21.0 Å². The Hall–Kier alpha value is -4.31. The van der Waals surface area contributed by atoms with Gasteiger partial charge >= 0.3 is 0 Å². The maximum atomic E-state index is 11.3. The molecule has 2 heterocycles. The van der Waals surface area contributed by atoms with Crippen LogP contribution in [-0.4, -0.2) is 37.8 Å². The summed E-state index contributed by atoms with van der Waals surface area (Å²) in [5.74, 6) is 0.962. The molecule has 0 atom stereocenters. The quantitative estimate of drug-likeness (QED) is 0.312. The minimum atomic E-state index is -0.473. The minimum absolute atomic E-state index is 0.117. The van der Waals surface area contributed by atoms with Gasteiger partial charge in [-0.05, 0) is 42.7 Å². The summed E-state index contributed by atoms with van der Waals surface area (Å²) in [6.07, 6.45) is 2.29. The summed E-state index contributed by atoms with van der Waals surface area (Å²) in [5, 5.41) is 19.5. The van der Waals surface area contributed by atoms with E-state index in [9.17, 15) is 4.79 Å². The number of aryl methyl sites for hydroxylation is 1. The van der Waals surface area contributed by atoms with Crippen molar-refractivity contribution in [3.63, 3.8) is 0 Å². The Labute approximate surface area is 203 Å². The Morgan fingerprint density at radius 2 is 1.89 bits per heavy atom. The molecule has 35 heavy (non-hydrogen) atoms. The van der Waals surface area contributed by atoms with Crippen LogP contribution in [0, 0.1) is 6.92 Å². The number of benzene rings is 2. The third-order valence-electron chi connectivity index (χ3n) is 4.97. The van der Waals surface area contributed by atoms with Crippen LogP contribution >= 0.6 is 0 Å². The van der Waals surface area contributed by atoms with Crippen LogP contribution in [0.25, 0.3) is 11.5 Å². The summed E-state index contributed by atoms with van der Waals surface area (Å²) in [4.78, 5) is 19.7. The molecule has 0 bridgehead atoms. The SMILES string of the molecule is Cc1cc(Nc2ncc(-c3nnc(C(C)C)o3)c(N)n2)ccc1C(N)=O.OCCc1ccccc1. The van der Waals surface area contributed by atoms with Gasteiger partial charge < -0.3 is 26.3 Å². The van der Waals surface area contributed by atoms with E-state index in [1.807, 2.05) is 44.2 Å². The van der Waals surface area contributed by atoms with Crippen molar-refractivity contribution in [2.45, 2.75) is 33.1 Å². The van der Waals surface area contributed by atoms with Crippen LogP contribution in [0.15, 0.2) is 59.1 Å². The van der Waals surface area contributed by atoms with Crippen molar-refractivity contribution in [2.24, 2.45) is 5.73 Å². The molecular formula is C25H29N7O3. The highest BCUT2D eigenvalue weighted by atomic mass is 16.4. The second-order valence-electron chi connectivity index (χ2n) is 8.07. The molecule has 10 heteroatoms.